The Hall–Kier alpha value is -0.995. The minimum Gasteiger partial charge on any atom is -0.399 e. The zero-order valence-corrected chi connectivity index (χ0v) is 12.4. The maximum atomic E-state index is 6.07. The summed E-state index contributed by atoms with van der Waals surface area (Å²) in [7, 11) is -0.299. The molecule has 2 rings (SSSR count). The van der Waals surface area contributed by atoms with Crippen molar-refractivity contribution < 1.29 is 9.31 Å². The molecule has 1 aliphatic heterocycles. The van der Waals surface area contributed by atoms with Gasteiger partial charge < -0.3 is 15.0 Å². The lowest BCUT2D eigenvalue weighted by Gasteiger charge is -2.32. The number of rotatable bonds is 1. The molecule has 4 heteroatoms. The lowest BCUT2D eigenvalue weighted by Crippen LogP contribution is -2.41. The second kappa shape index (κ2) is 5.18. The molecule has 2 N–H and O–H groups in total. The van der Waals surface area contributed by atoms with Gasteiger partial charge >= 0.3 is 7.12 Å². The molecule has 0 spiro atoms. The lowest BCUT2D eigenvalue weighted by atomic mass is 9.77. The van der Waals surface area contributed by atoms with E-state index in [9.17, 15) is 0 Å². The maximum absolute atomic E-state index is 6.07. The third-order valence-corrected chi connectivity index (χ3v) is 4.16. The summed E-state index contributed by atoms with van der Waals surface area (Å²) in [6.07, 6.45) is 11.4. The summed E-state index contributed by atoms with van der Waals surface area (Å²) in [5.41, 5.74) is 7.18. The van der Waals surface area contributed by atoms with Gasteiger partial charge in [-0.15, -0.1) is 0 Å². The van der Waals surface area contributed by atoms with Crippen LogP contribution in [0.2, 0.25) is 0 Å². The van der Waals surface area contributed by atoms with E-state index in [1.165, 1.54) is 0 Å². The Labute approximate surface area is 116 Å². The molecule has 0 saturated carbocycles. The third-order valence-electron chi connectivity index (χ3n) is 4.16. The molecule has 0 aromatic carbocycles. The van der Waals surface area contributed by atoms with Crippen LogP contribution in [0.25, 0.3) is 0 Å². The average Bonchev–Trinajstić information content (AvgIpc) is 2.57. The summed E-state index contributed by atoms with van der Waals surface area (Å²) in [6.45, 7) is 8.28. The van der Waals surface area contributed by atoms with Crippen LogP contribution in [-0.2, 0) is 9.31 Å². The Bertz CT molecular complexity index is 419. The van der Waals surface area contributed by atoms with Gasteiger partial charge in [-0.2, -0.15) is 0 Å². The van der Waals surface area contributed by atoms with Gasteiger partial charge in [0.25, 0.3) is 0 Å². The Balaban J connectivity index is 2.20. The van der Waals surface area contributed by atoms with Crippen LogP contribution >= 0.6 is 0 Å². The van der Waals surface area contributed by atoms with Crippen molar-refractivity contribution in [1.82, 2.24) is 0 Å². The van der Waals surface area contributed by atoms with Gasteiger partial charge in [0, 0.05) is 5.70 Å². The molecule has 0 aromatic rings. The highest BCUT2D eigenvalue weighted by atomic mass is 16.7. The van der Waals surface area contributed by atoms with Crippen LogP contribution in [0.1, 0.15) is 47.0 Å². The van der Waals surface area contributed by atoms with E-state index in [-0.39, 0.29) is 18.3 Å². The van der Waals surface area contributed by atoms with Gasteiger partial charge in [0.05, 0.1) is 11.2 Å². The number of hydrogen-bond donors (Lipinski definition) is 1. The quantitative estimate of drug-likeness (QED) is 0.737. The topological polar surface area (TPSA) is 44.5 Å². The Kier molecular flexibility index (Phi) is 3.93. The maximum Gasteiger partial charge on any atom is 0.494 e. The van der Waals surface area contributed by atoms with Crippen LogP contribution < -0.4 is 5.73 Å². The van der Waals surface area contributed by atoms with Crippen molar-refractivity contribution in [2.45, 2.75) is 58.2 Å². The number of allylic oxidation sites excluding steroid dienone is 5. The molecule has 0 aromatic heterocycles. The van der Waals surface area contributed by atoms with Gasteiger partial charge in [-0.25, -0.2) is 0 Å². The summed E-state index contributed by atoms with van der Waals surface area (Å²) >= 11 is 0. The molecule has 0 amide bonds. The first kappa shape index (κ1) is 14.4. The van der Waals surface area contributed by atoms with E-state index in [1.54, 1.807) is 0 Å². The molecule has 1 aliphatic carbocycles. The fraction of sp³-hybridized carbons (Fsp3) is 0.600. The monoisotopic (exact) mass is 261 g/mol. The van der Waals surface area contributed by atoms with Crippen LogP contribution in [0.5, 0.6) is 0 Å². The van der Waals surface area contributed by atoms with E-state index < -0.39 is 0 Å². The fourth-order valence-electron chi connectivity index (χ4n) is 2.14. The fourth-order valence-corrected chi connectivity index (χ4v) is 2.14. The first-order valence-electron chi connectivity index (χ1n) is 7.01. The zero-order valence-electron chi connectivity index (χ0n) is 12.4. The molecule has 0 unspecified atom stereocenters. The molecule has 0 atom stereocenters. The first-order chi connectivity index (χ1) is 8.82. The number of nitrogens with two attached hydrogens (primary N) is 1. The summed E-state index contributed by atoms with van der Waals surface area (Å²) in [4.78, 5) is 0. The van der Waals surface area contributed by atoms with Crippen molar-refractivity contribution in [2.24, 2.45) is 5.73 Å². The number of hydrogen-bond acceptors (Lipinski definition) is 3. The van der Waals surface area contributed by atoms with Gasteiger partial charge in [-0.05, 0) is 58.5 Å². The summed E-state index contributed by atoms with van der Waals surface area (Å²) in [5, 5.41) is 0. The molecular formula is C15H24BNO2. The third kappa shape index (κ3) is 3.12. The van der Waals surface area contributed by atoms with Crippen molar-refractivity contribution in [3.63, 3.8) is 0 Å². The van der Waals surface area contributed by atoms with Crippen molar-refractivity contribution in [3.05, 3.63) is 35.5 Å². The highest BCUT2D eigenvalue weighted by Gasteiger charge is 2.51. The molecule has 104 valence electrons. The van der Waals surface area contributed by atoms with E-state index in [1.807, 2.05) is 12.2 Å². The molecule has 1 heterocycles. The summed E-state index contributed by atoms with van der Waals surface area (Å²) in [5.74, 6) is 0. The van der Waals surface area contributed by atoms with Crippen molar-refractivity contribution in [3.8, 4) is 0 Å². The lowest BCUT2D eigenvalue weighted by molar-refractivity contribution is 0.00578. The van der Waals surface area contributed by atoms with Crippen LogP contribution in [0.15, 0.2) is 35.5 Å². The molecule has 19 heavy (non-hydrogen) atoms. The largest absolute Gasteiger partial charge is 0.494 e. The van der Waals surface area contributed by atoms with Gasteiger partial charge in [-0.3, -0.25) is 0 Å². The van der Waals surface area contributed by atoms with E-state index in [0.717, 1.165) is 30.4 Å². The predicted octanol–water partition coefficient (Wildman–Crippen LogP) is 3.13. The van der Waals surface area contributed by atoms with Crippen LogP contribution in [0, 0.1) is 0 Å². The van der Waals surface area contributed by atoms with Crippen LogP contribution in [0.4, 0.5) is 0 Å². The average molecular weight is 261 g/mol. The minimum absolute atomic E-state index is 0.299. The Morgan fingerprint density at radius 1 is 1.00 bits per heavy atom. The van der Waals surface area contributed by atoms with E-state index in [2.05, 4.69) is 39.8 Å². The zero-order chi connectivity index (χ0) is 14.1. The minimum atomic E-state index is -0.299. The molecule has 2 aliphatic rings. The predicted molar refractivity (Wildman–Crippen MR) is 79.4 cm³/mol. The molecule has 1 saturated heterocycles. The van der Waals surface area contributed by atoms with Gasteiger partial charge in [0.15, 0.2) is 0 Å². The van der Waals surface area contributed by atoms with Crippen molar-refractivity contribution in [1.29, 1.82) is 0 Å². The second-order valence-electron chi connectivity index (χ2n) is 6.26. The second-order valence-corrected chi connectivity index (χ2v) is 6.26. The summed E-state index contributed by atoms with van der Waals surface area (Å²) in [6, 6.07) is 0. The Morgan fingerprint density at radius 3 is 2.21 bits per heavy atom. The molecule has 0 radical (unpaired) electrons. The van der Waals surface area contributed by atoms with Crippen LogP contribution in [-0.4, -0.2) is 18.3 Å². The highest BCUT2D eigenvalue weighted by Crippen LogP contribution is 2.38. The van der Waals surface area contributed by atoms with E-state index in [0.29, 0.717) is 0 Å². The van der Waals surface area contributed by atoms with Crippen molar-refractivity contribution in [2.75, 3.05) is 0 Å². The first-order valence-corrected chi connectivity index (χ1v) is 7.01. The molecule has 0 bridgehead atoms. The summed E-state index contributed by atoms with van der Waals surface area (Å²) < 4.78 is 12.1. The molecule has 1 fully saturated rings. The Morgan fingerprint density at radius 2 is 1.58 bits per heavy atom. The van der Waals surface area contributed by atoms with Crippen LogP contribution in [0.3, 0.4) is 0 Å². The smallest absolute Gasteiger partial charge is 0.399 e. The molecular weight excluding hydrogens is 237 g/mol. The van der Waals surface area contributed by atoms with E-state index in [4.69, 9.17) is 15.0 Å². The highest BCUT2D eigenvalue weighted by molar-refractivity contribution is 6.55. The van der Waals surface area contributed by atoms with E-state index >= 15 is 0 Å². The van der Waals surface area contributed by atoms with Crippen molar-refractivity contribution >= 4 is 7.12 Å². The van der Waals surface area contributed by atoms with Gasteiger partial charge in [-0.1, -0.05) is 18.2 Å². The standard InChI is InChI=1S/C15H24BNO2/c1-14(2)15(3,4)19-16(18-14)12-8-6-5-7-9-13(17)11-10-12/h8-11H,5-7,17H2,1-4H3/b11-10-,12-8+,13-9-. The molecule has 3 nitrogen and oxygen atoms in total. The normalized spacial score (nSPS) is 33.4. The van der Waals surface area contributed by atoms with Gasteiger partial charge in [0.1, 0.15) is 0 Å². The SMILES string of the molecule is CC1(C)OB(C2=C/CCC/C=C(N)/C=C\2)OC1(C)C. The van der Waals surface area contributed by atoms with Gasteiger partial charge in [0.2, 0.25) is 0 Å².